The number of aryl methyl sites for hydroxylation is 1. The number of nitrogens with one attached hydrogen (secondary N) is 2. The van der Waals surface area contributed by atoms with Gasteiger partial charge in [-0.2, -0.15) is 4.98 Å². The van der Waals surface area contributed by atoms with Crippen molar-refractivity contribution in [3.8, 4) is 0 Å². The van der Waals surface area contributed by atoms with Crippen LogP contribution in [0.2, 0.25) is 0 Å². The van der Waals surface area contributed by atoms with Crippen molar-refractivity contribution in [1.29, 1.82) is 0 Å². The van der Waals surface area contributed by atoms with E-state index < -0.39 is 12.5 Å². The topological polar surface area (TPSA) is 85.9 Å². The highest BCUT2D eigenvalue weighted by atomic mass is 19.3. The summed E-state index contributed by atoms with van der Waals surface area (Å²) in [5.74, 6) is 0.316. The van der Waals surface area contributed by atoms with Gasteiger partial charge in [0.15, 0.2) is 0 Å². The fraction of sp³-hybridized carbons (Fsp3) is 0.464. The molecule has 1 amide bonds. The Kier molecular flexibility index (Phi) is 8.55. The van der Waals surface area contributed by atoms with E-state index in [0.29, 0.717) is 25.6 Å². The number of allylic oxidation sites excluding steroid dienone is 2. The number of hydrogen-bond acceptors (Lipinski definition) is 8. The summed E-state index contributed by atoms with van der Waals surface area (Å²) >= 11 is 0. The minimum atomic E-state index is -2.72. The Morgan fingerprint density at radius 3 is 2.95 bits per heavy atom. The van der Waals surface area contributed by atoms with Crippen LogP contribution in [0.4, 0.5) is 36.7 Å². The highest BCUT2D eigenvalue weighted by Gasteiger charge is 2.30. The van der Waals surface area contributed by atoms with Gasteiger partial charge in [0.1, 0.15) is 5.82 Å². The van der Waals surface area contributed by atoms with Gasteiger partial charge in [-0.3, -0.25) is 9.80 Å². The summed E-state index contributed by atoms with van der Waals surface area (Å²) in [6.07, 6.45) is 8.06. The molecule has 1 atom stereocenters. The second kappa shape index (κ2) is 12.4. The molecule has 39 heavy (non-hydrogen) atoms. The van der Waals surface area contributed by atoms with Crippen molar-refractivity contribution in [2.75, 3.05) is 54.8 Å². The predicted molar refractivity (Wildman–Crippen MR) is 147 cm³/mol. The zero-order chi connectivity index (χ0) is 27.2. The molecular weight excluding hydrogens is 504 g/mol. The fourth-order valence-corrected chi connectivity index (χ4v) is 5.34. The van der Waals surface area contributed by atoms with Crippen LogP contribution in [0, 0.1) is 0 Å². The minimum Gasteiger partial charge on any atom is -0.418 e. The number of halogens is 2. The van der Waals surface area contributed by atoms with E-state index in [1.165, 1.54) is 36.2 Å². The van der Waals surface area contributed by atoms with E-state index in [-0.39, 0.29) is 17.3 Å². The van der Waals surface area contributed by atoms with Gasteiger partial charge in [0.05, 0.1) is 11.8 Å². The maximum atomic E-state index is 13.7. The Labute approximate surface area is 227 Å². The maximum Gasteiger partial charge on any atom is 0.418 e. The average Bonchev–Trinajstić information content (AvgIpc) is 3.32. The number of alkyl halides is 2. The number of ether oxygens (including phenoxy) is 1. The number of hydrogen-bond donors (Lipinski definition) is 2. The molecule has 0 radical (unpaired) electrons. The van der Waals surface area contributed by atoms with Crippen LogP contribution in [0.25, 0.3) is 0 Å². The summed E-state index contributed by atoms with van der Waals surface area (Å²) in [6, 6.07) is 6.98. The predicted octanol–water partition coefficient (Wildman–Crippen LogP) is 5.29. The molecule has 9 nitrogen and oxygen atoms in total. The minimum absolute atomic E-state index is 0.0715. The monoisotopic (exact) mass is 539 g/mol. The van der Waals surface area contributed by atoms with Crippen LogP contribution >= 0.6 is 0 Å². The van der Waals surface area contributed by atoms with Gasteiger partial charge in [0.25, 0.3) is 6.43 Å². The number of benzene rings is 1. The second-order valence-corrected chi connectivity index (χ2v) is 9.92. The molecule has 0 bridgehead atoms. The molecule has 1 aromatic heterocycles. The number of cyclic esters (lactones) is 1. The molecule has 208 valence electrons. The molecule has 3 aliphatic rings. The zero-order valence-electron chi connectivity index (χ0n) is 22.2. The number of amides is 1. The average molecular weight is 540 g/mol. The number of carbonyl (C=O) groups is 1. The Hall–Kier alpha value is -3.73. The van der Waals surface area contributed by atoms with Gasteiger partial charge in [-0.25, -0.2) is 18.6 Å². The van der Waals surface area contributed by atoms with Crippen molar-refractivity contribution >= 4 is 29.2 Å². The van der Waals surface area contributed by atoms with E-state index in [1.807, 2.05) is 6.07 Å². The van der Waals surface area contributed by atoms with E-state index in [2.05, 4.69) is 49.5 Å². The summed E-state index contributed by atoms with van der Waals surface area (Å²) in [6.45, 7) is 7.18. The van der Waals surface area contributed by atoms with Crippen LogP contribution in [0.15, 0.2) is 49.0 Å². The largest absolute Gasteiger partial charge is 0.418 e. The van der Waals surface area contributed by atoms with Gasteiger partial charge in [-0.15, -0.1) is 0 Å². The Balaban J connectivity index is 1.24. The molecule has 2 N–H and O–H groups in total. The van der Waals surface area contributed by atoms with E-state index in [0.717, 1.165) is 43.5 Å². The molecule has 2 fully saturated rings. The van der Waals surface area contributed by atoms with E-state index in [1.54, 1.807) is 18.4 Å². The van der Waals surface area contributed by atoms with Crippen LogP contribution in [0.5, 0.6) is 0 Å². The number of piperazine rings is 1. The lowest BCUT2D eigenvalue weighted by molar-refractivity contribution is 0.151. The fourth-order valence-electron chi connectivity index (χ4n) is 5.34. The first kappa shape index (κ1) is 26.9. The summed E-state index contributed by atoms with van der Waals surface area (Å²) in [5.41, 5.74) is 2.91. The SMILES string of the molecule is CCc1cc(N2CCN3CCC[C@H]3C2)ccc1Nc1ncc(C(F)F)c(NCCCN2C=CC=COC2=O)n1. The lowest BCUT2D eigenvalue weighted by Crippen LogP contribution is -2.50. The smallest absolute Gasteiger partial charge is 0.418 e. The van der Waals surface area contributed by atoms with Crippen molar-refractivity contribution in [3.63, 3.8) is 0 Å². The number of carbonyl (C=O) groups excluding carboxylic acids is 1. The van der Waals surface area contributed by atoms with Gasteiger partial charge < -0.3 is 20.3 Å². The lowest BCUT2D eigenvalue weighted by atomic mass is 10.1. The highest BCUT2D eigenvalue weighted by Crippen LogP contribution is 2.31. The van der Waals surface area contributed by atoms with Crippen LogP contribution in [-0.2, 0) is 11.2 Å². The molecule has 2 saturated heterocycles. The number of aromatic nitrogens is 2. The first-order chi connectivity index (χ1) is 19.0. The first-order valence-electron chi connectivity index (χ1n) is 13.6. The van der Waals surface area contributed by atoms with E-state index in [4.69, 9.17) is 4.74 Å². The second-order valence-electron chi connectivity index (χ2n) is 9.92. The Morgan fingerprint density at radius 2 is 2.10 bits per heavy atom. The molecule has 3 aliphatic heterocycles. The van der Waals surface area contributed by atoms with Gasteiger partial charge in [-0.1, -0.05) is 6.92 Å². The summed E-state index contributed by atoms with van der Waals surface area (Å²) in [4.78, 5) is 26.9. The lowest BCUT2D eigenvalue weighted by Gasteiger charge is -2.39. The van der Waals surface area contributed by atoms with Crippen molar-refractivity contribution in [1.82, 2.24) is 19.8 Å². The molecule has 11 heteroatoms. The van der Waals surface area contributed by atoms with Gasteiger partial charge in [0.2, 0.25) is 5.95 Å². The summed E-state index contributed by atoms with van der Waals surface area (Å²) < 4.78 is 32.3. The van der Waals surface area contributed by atoms with Gasteiger partial charge >= 0.3 is 6.09 Å². The molecule has 0 saturated carbocycles. The number of rotatable bonds is 10. The highest BCUT2D eigenvalue weighted by molar-refractivity contribution is 5.70. The van der Waals surface area contributed by atoms with E-state index >= 15 is 0 Å². The third kappa shape index (κ3) is 6.47. The first-order valence-corrected chi connectivity index (χ1v) is 13.6. The van der Waals surface area contributed by atoms with Gasteiger partial charge in [-0.05, 0) is 68.1 Å². The standard InChI is InChI=1S/C28H35F2N7O2/c1-2-20-17-21(37-15-14-35-12-5-7-22(35)19-37)8-9-24(20)33-27-32-18-23(25(29)30)26(34-27)31-10-6-13-36-11-3-4-16-39-28(36)38/h3-4,8-9,11,16-18,22,25H,2,5-7,10,12-15,19H2,1H3,(H2,31,32,33,34)/t22-/m0/s1. The van der Waals surface area contributed by atoms with Crippen LogP contribution in [0.3, 0.4) is 0 Å². The number of anilines is 4. The van der Waals surface area contributed by atoms with Crippen molar-refractivity contribution in [2.24, 2.45) is 0 Å². The third-order valence-corrected chi connectivity index (χ3v) is 7.45. The molecule has 4 heterocycles. The molecule has 0 spiro atoms. The molecule has 2 aromatic rings. The third-order valence-electron chi connectivity index (χ3n) is 7.45. The van der Waals surface area contributed by atoms with Crippen LogP contribution in [0.1, 0.15) is 43.7 Å². The van der Waals surface area contributed by atoms with Crippen molar-refractivity contribution in [3.05, 3.63) is 60.1 Å². The maximum absolute atomic E-state index is 13.7. The van der Waals surface area contributed by atoms with Crippen molar-refractivity contribution in [2.45, 2.75) is 45.1 Å². The van der Waals surface area contributed by atoms with Crippen LogP contribution in [-0.4, -0.2) is 71.2 Å². The van der Waals surface area contributed by atoms with Crippen LogP contribution < -0.4 is 15.5 Å². The number of fused-ring (bicyclic) bond motifs is 1. The molecule has 0 aliphatic carbocycles. The van der Waals surface area contributed by atoms with Gasteiger partial charge in [0, 0.05) is 62.5 Å². The Bertz CT molecular complexity index is 1220. The van der Waals surface area contributed by atoms with Crippen molar-refractivity contribution < 1.29 is 18.3 Å². The quantitative estimate of drug-likeness (QED) is 0.394. The summed E-state index contributed by atoms with van der Waals surface area (Å²) in [5, 5.41) is 6.22. The molecule has 0 unspecified atom stereocenters. The summed E-state index contributed by atoms with van der Waals surface area (Å²) in [7, 11) is 0. The molecule has 5 rings (SSSR count). The zero-order valence-corrected chi connectivity index (χ0v) is 22.2. The normalized spacial score (nSPS) is 19.3. The Morgan fingerprint density at radius 1 is 1.21 bits per heavy atom. The molecular formula is C28H35F2N7O2. The molecule has 1 aromatic carbocycles. The van der Waals surface area contributed by atoms with E-state index in [9.17, 15) is 13.6 Å². The number of nitrogens with zero attached hydrogens (tertiary/aromatic N) is 5.